The molecule has 138 valence electrons. The van der Waals surface area contributed by atoms with Gasteiger partial charge in [0.2, 0.25) is 5.95 Å². The zero-order valence-electron chi connectivity index (χ0n) is 15.2. The topological polar surface area (TPSA) is 85.2 Å². The van der Waals surface area contributed by atoms with Crippen LogP contribution in [0.4, 0.5) is 11.8 Å². The maximum atomic E-state index is 12.6. The molecule has 1 aliphatic heterocycles. The normalized spacial score (nSPS) is 22.1. The summed E-state index contributed by atoms with van der Waals surface area (Å²) in [7, 11) is 3.80. The molecule has 1 aliphatic carbocycles. The van der Waals surface area contributed by atoms with E-state index < -0.39 is 0 Å². The molecule has 2 aromatic heterocycles. The van der Waals surface area contributed by atoms with Crippen LogP contribution in [0.2, 0.25) is 0 Å². The van der Waals surface area contributed by atoms with E-state index >= 15 is 0 Å². The summed E-state index contributed by atoms with van der Waals surface area (Å²) in [6.45, 7) is 0.978. The Balaban J connectivity index is 1.59. The van der Waals surface area contributed by atoms with Crippen molar-refractivity contribution in [1.29, 1.82) is 0 Å². The fraction of sp³-hybridized carbons (Fsp3) is 0.556. The smallest absolute Gasteiger partial charge is 0.267 e. The van der Waals surface area contributed by atoms with Crippen LogP contribution < -0.4 is 15.8 Å². The van der Waals surface area contributed by atoms with Crippen LogP contribution in [-0.4, -0.2) is 53.1 Å². The molecular formula is C18H24N6O2. The van der Waals surface area contributed by atoms with E-state index in [-0.39, 0.29) is 17.6 Å². The van der Waals surface area contributed by atoms with E-state index in [9.17, 15) is 4.79 Å². The van der Waals surface area contributed by atoms with Gasteiger partial charge in [0.25, 0.3) is 5.56 Å². The Labute approximate surface area is 152 Å². The second-order valence-electron chi connectivity index (χ2n) is 7.10. The molecule has 2 aliphatic rings. The van der Waals surface area contributed by atoms with Crippen LogP contribution >= 0.6 is 0 Å². The lowest BCUT2D eigenvalue weighted by Crippen LogP contribution is -2.38. The second-order valence-corrected chi connectivity index (χ2v) is 7.10. The van der Waals surface area contributed by atoms with E-state index in [1.165, 1.54) is 0 Å². The molecule has 1 N–H and O–H groups in total. The minimum absolute atomic E-state index is 0.0513. The van der Waals surface area contributed by atoms with Gasteiger partial charge in [-0.3, -0.25) is 4.79 Å². The molecule has 0 saturated carbocycles. The lowest BCUT2D eigenvalue weighted by Gasteiger charge is -2.23. The standard InChI is InChI=1S/C18H24N6O2/c1-23(2)18-19-8-7-16(21-18)20-14-10-26-11-15(14)24-17(25)9-12-5-3-4-6-13(12)22-24/h7-9,14-15H,3-6,10-11H2,1-2H3,(H,19,20,21). The number of rotatable bonds is 4. The van der Waals surface area contributed by atoms with E-state index in [2.05, 4.69) is 20.4 Å². The number of fused-ring (bicyclic) bond motifs is 1. The van der Waals surface area contributed by atoms with Gasteiger partial charge in [-0.2, -0.15) is 10.1 Å². The summed E-state index contributed by atoms with van der Waals surface area (Å²) in [5.74, 6) is 1.35. The van der Waals surface area contributed by atoms with E-state index in [1.807, 2.05) is 25.1 Å². The monoisotopic (exact) mass is 356 g/mol. The highest BCUT2D eigenvalue weighted by molar-refractivity contribution is 5.41. The van der Waals surface area contributed by atoms with Crippen molar-refractivity contribution >= 4 is 11.8 Å². The predicted molar refractivity (Wildman–Crippen MR) is 98.8 cm³/mol. The molecule has 0 spiro atoms. The number of nitrogens with one attached hydrogen (secondary N) is 1. The van der Waals surface area contributed by atoms with Gasteiger partial charge < -0.3 is 15.0 Å². The minimum atomic E-state index is -0.146. The molecule has 1 saturated heterocycles. The molecule has 2 aromatic rings. The fourth-order valence-corrected chi connectivity index (χ4v) is 3.57. The number of hydrogen-bond acceptors (Lipinski definition) is 7. The third-order valence-electron chi connectivity index (χ3n) is 4.97. The first-order valence-electron chi connectivity index (χ1n) is 9.08. The van der Waals surface area contributed by atoms with Gasteiger partial charge in [0, 0.05) is 26.4 Å². The summed E-state index contributed by atoms with van der Waals surface area (Å²) in [4.78, 5) is 23.2. The highest BCUT2D eigenvalue weighted by Gasteiger charge is 2.32. The van der Waals surface area contributed by atoms with Gasteiger partial charge >= 0.3 is 0 Å². The summed E-state index contributed by atoms with van der Waals surface area (Å²) in [6, 6.07) is 3.37. The largest absolute Gasteiger partial charge is 0.377 e. The van der Waals surface area contributed by atoms with Gasteiger partial charge in [-0.15, -0.1) is 0 Å². The summed E-state index contributed by atoms with van der Waals surface area (Å²) >= 11 is 0. The molecule has 4 rings (SSSR count). The molecule has 0 bridgehead atoms. The molecule has 1 fully saturated rings. The molecule has 0 aromatic carbocycles. The average molecular weight is 356 g/mol. The van der Waals surface area contributed by atoms with E-state index in [0.29, 0.717) is 19.2 Å². The maximum Gasteiger partial charge on any atom is 0.267 e. The minimum Gasteiger partial charge on any atom is -0.377 e. The third-order valence-corrected chi connectivity index (χ3v) is 4.97. The number of ether oxygens (including phenoxy) is 1. The maximum absolute atomic E-state index is 12.6. The van der Waals surface area contributed by atoms with Gasteiger partial charge in [-0.25, -0.2) is 9.67 Å². The van der Waals surface area contributed by atoms with Crippen LogP contribution in [0.1, 0.15) is 30.1 Å². The molecule has 8 nitrogen and oxygen atoms in total. The van der Waals surface area contributed by atoms with Crippen molar-refractivity contribution in [3.8, 4) is 0 Å². The van der Waals surface area contributed by atoms with Crippen LogP contribution in [-0.2, 0) is 17.6 Å². The first kappa shape index (κ1) is 17.0. The van der Waals surface area contributed by atoms with Gasteiger partial charge in [0.15, 0.2) is 0 Å². The predicted octanol–water partition coefficient (Wildman–Crippen LogP) is 1.03. The lowest BCUT2D eigenvalue weighted by molar-refractivity contribution is 0.182. The molecule has 3 heterocycles. The van der Waals surface area contributed by atoms with Crippen molar-refractivity contribution in [2.24, 2.45) is 0 Å². The van der Waals surface area contributed by atoms with Crippen LogP contribution in [0, 0.1) is 0 Å². The number of nitrogens with zero attached hydrogens (tertiary/aromatic N) is 5. The van der Waals surface area contributed by atoms with Crippen LogP contribution in [0.3, 0.4) is 0 Å². The van der Waals surface area contributed by atoms with Crippen molar-refractivity contribution in [3.63, 3.8) is 0 Å². The van der Waals surface area contributed by atoms with Gasteiger partial charge in [0.05, 0.1) is 24.9 Å². The molecule has 8 heteroatoms. The fourth-order valence-electron chi connectivity index (χ4n) is 3.57. The Morgan fingerprint density at radius 2 is 2.12 bits per heavy atom. The Morgan fingerprint density at radius 1 is 1.27 bits per heavy atom. The van der Waals surface area contributed by atoms with Crippen LogP contribution in [0.15, 0.2) is 23.1 Å². The number of aryl methyl sites for hydroxylation is 2. The Morgan fingerprint density at radius 3 is 2.96 bits per heavy atom. The van der Waals surface area contributed by atoms with E-state index in [0.717, 1.165) is 42.8 Å². The molecule has 2 atom stereocenters. The quantitative estimate of drug-likeness (QED) is 0.876. The van der Waals surface area contributed by atoms with Crippen molar-refractivity contribution in [1.82, 2.24) is 19.7 Å². The number of hydrogen-bond donors (Lipinski definition) is 1. The average Bonchev–Trinajstić information content (AvgIpc) is 3.09. The summed E-state index contributed by atoms with van der Waals surface area (Å²) in [6.07, 6.45) is 5.89. The summed E-state index contributed by atoms with van der Waals surface area (Å²) in [5, 5.41) is 8.07. The van der Waals surface area contributed by atoms with Crippen LogP contribution in [0.25, 0.3) is 0 Å². The molecule has 0 amide bonds. The second kappa shape index (κ2) is 7.03. The SMILES string of the molecule is CN(C)c1nccc(NC2COCC2n2nc3c(cc2=O)CCCC3)n1. The van der Waals surface area contributed by atoms with E-state index in [4.69, 9.17) is 4.74 Å². The van der Waals surface area contributed by atoms with Gasteiger partial charge in [-0.05, 0) is 37.3 Å². The van der Waals surface area contributed by atoms with Crippen LogP contribution in [0.5, 0.6) is 0 Å². The Hall–Kier alpha value is -2.48. The Bertz CT molecular complexity index is 850. The highest BCUT2D eigenvalue weighted by atomic mass is 16.5. The third kappa shape index (κ3) is 3.29. The first-order valence-corrected chi connectivity index (χ1v) is 9.08. The molecular weight excluding hydrogens is 332 g/mol. The lowest BCUT2D eigenvalue weighted by atomic mass is 9.97. The van der Waals surface area contributed by atoms with Gasteiger partial charge in [0.1, 0.15) is 11.9 Å². The summed E-state index contributed by atoms with van der Waals surface area (Å²) < 4.78 is 7.26. The number of anilines is 2. The molecule has 26 heavy (non-hydrogen) atoms. The van der Waals surface area contributed by atoms with Crippen molar-refractivity contribution < 1.29 is 4.74 Å². The van der Waals surface area contributed by atoms with Gasteiger partial charge in [-0.1, -0.05) is 0 Å². The zero-order chi connectivity index (χ0) is 18.1. The Kier molecular flexibility index (Phi) is 4.58. The first-order chi connectivity index (χ1) is 12.6. The van der Waals surface area contributed by atoms with Crippen molar-refractivity contribution in [2.45, 2.75) is 37.8 Å². The highest BCUT2D eigenvalue weighted by Crippen LogP contribution is 2.23. The van der Waals surface area contributed by atoms with Crippen molar-refractivity contribution in [2.75, 3.05) is 37.5 Å². The molecule has 2 unspecified atom stereocenters. The summed E-state index contributed by atoms with van der Waals surface area (Å²) in [5.41, 5.74) is 2.11. The molecule has 0 radical (unpaired) electrons. The number of aromatic nitrogens is 4. The van der Waals surface area contributed by atoms with Crippen molar-refractivity contribution in [3.05, 3.63) is 39.9 Å². The van der Waals surface area contributed by atoms with E-state index in [1.54, 1.807) is 16.9 Å². The zero-order valence-corrected chi connectivity index (χ0v) is 15.2.